The van der Waals surface area contributed by atoms with Gasteiger partial charge >= 0.3 is 0 Å². The van der Waals surface area contributed by atoms with E-state index in [2.05, 4.69) is 10.2 Å². The number of phenolic OH excluding ortho intramolecular Hbond substituents is 1. The van der Waals surface area contributed by atoms with Crippen LogP contribution in [0.2, 0.25) is 0 Å². The van der Waals surface area contributed by atoms with Crippen LogP contribution in [-0.2, 0) is 20.2 Å². The molecule has 0 atom stereocenters. The Morgan fingerprint density at radius 2 is 1.55 bits per heavy atom. The Morgan fingerprint density at radius 3 is 2.17 bits per heavy atom. The zero-order valence-corrected chi connectivity index (χ0v) is 16.4. The van der Waals surface area contributed by atoms with E-state index in [-0.39, 0.29) is 22.1 Å². The van der Waals surface area contributed by atoms with Gasteiger partial charge in [-0.05, 0) is 25.1 Å². The summed E-state index contributed by atoms with van der Waals surface area (Å²) in [6.45, 7) is 1.73. The fraction of sp³-hybridized carbons (Fsp3) is 0.0588. The fourth-order valence-electron chi connectivity index (χ4n) is 2.79. The SMILES string of the molecule is Cc1ccc2c(N)c(S(=O)(=O)O)c(N=Nc3ccccc3S(=O)(=O)O)c(O)c2c1. The van der Waals surface area contributed by atoms with Gasteiger partial charge in [-0.25, -0.2) is 0 Å². The first kappa shape index (κ1) is 20.7. The van der Waals surface area contributed by atoms with Gasteiger partial charge < -0.3 is 10.8 Å². The largest absolute Gasteiger partial charge is 0.505 e. The van der Waals surface area contributed by atoms with E-state index in [0.717, 1.165) is 11.6 Å². The van der Waals surface area contributed by atoms with Crippen molar-refractivity contribution in [3.8, 4) is 5.75 Å². The quantitative estimate of drug-likeness (QED) is 0.207. The van der Waals surface area contributed by atoms with Crippen molar-refractivity contribution in [3.05, 3.63) is 48.0 Å². The van der Waals surface area contributed by atoms with Crippen LogP contribution in [0.1, 0.15) is 5.56 Å². The first-order valence-electron chi connectivity index (χ1n) is 7.91. The van der Waals surface area contributed by atoms with Crippen molar-refractivity contribution >= 4 is 48.1 Å². The second-order valence-electron chi connectivity index (χ2n) is 6.11. The number of nitrogens with two attached hydrogens (primary N) is 1. The maximum atomic E-state index is 11.9. The van der Waals surface area contributed by atoms with Crippen LogP contribution in [0.5, 0.6) is 5.75 Å². The number of nitrogens with zero attached hydrogens (tertiary/aromatic N) is 2. The summed E-state index contributed by atoms with van der Waals surface area (Å²) in [4.78, 5) is -1.46. The highest BCUT2D eigenvalue weighted by atomic mass is 32.2. The summed E-state index contributed by atoms with van der Waals surface area (Å²) >= 11 is 0. The highest BCUT2D eigenvalue weighted by molar-refractivity contribution is 7.86. The van der Waals surface area contributed by atoms with E-state index in [1.54, 1.807) is 13.0 Å². The Kier molecular flexibility index (Phi) is 5.04. The molecule has 3 aromatic rings. The fourth-order valence-corrected chi connectivity index (χ4v) is 4.18. The van der Waals surface area contributed by atoms with Gasteiger partial charge in [-0.1, -0.05) is 29.8 Å². The third kappa shape index (κ3) is 3.91. The molecule has 5 N–H and O–H groups in total. The van der Waals surface area contributed by atoms with E-state index in [1.807, 2.05) is 0 Å². The number of azo groups is 1. The first-order valence-corrected chi connectivity index (χ1v) is 10.8. The van der Waals surface area contributed by atoms with Gasteiger partial charge in [0.25, 0.3) is 20.2 Å². The molecule has 10 nitrogen and oxygen atoms in total. The Bertz CT molecular complexity index is 1380. The van der Waals surface area contributed by atoms with E-state index >= 15 is 0 Å². The molecule has 0 spiro atoms. The molecule has 0 saturated carbocycles. The van der Waals surface area contributed by atoms with Crippen molar-refractivity contribution < 1.29 is 31.0 Å². The number of aromatic hydroxyl groups is 1. The van der Waals surface area contributed by atoms with Gasteiger partial charge in [0.2, 0.25) is 0 Å². The number of hydrogen-bond donors (Lipinski definition) is 4. The molecule has 0 aliphatic heterocycles. The number of nitrogen functional groups attached to an aromatic ring is 1. The summed E-state index contributed by atoms with van der Waals surface area (Å²) < 4.78 is 65.7. The van der Waals surface area contributed by atoms with Crippen LogP contribution in [0.4, 0.5) is 17.1 Å². The molecule has 0 aliphatic carbocycles. The number of aryl methyl sites for hydroxylation is 1. The topological polar surface area (TPSA) is 180 Å². The lowest BCUT2D eigenvalue weighted by atomic mass is 10.0. The van der Waals surface area contributed by atoms with Crippen LogP contribution in [0.3, 0.4) is 0 Å². The number of anilines is 1. The molecule has 0 bridgehead atoms. The number of fused-ring (bicyclic) bond motifs is 1. The summed E-state index contributed by atoms with van der Waals surface area (Å²) in [5, 5.41) is 18.2. The second-order valence-corrected chi connectivity index (χ2v) is 8.86. The second kappa shape index (κ2) is 7.08. The van der Waals surface area contributed by atoms with Gasteiger partial charge in [0, 0.05) is 10.8 Å². The first-order chi connectivity index (χ1) is 13.4. The van der Waals surface area contributed by atoms with E-state index < -0.39 is 41.5 Å². The highest BCUT2D eigenvalue weighted by Crippen LogP contribution is 2.46. The van der Waals surface area contributed by atoms with Gasteiger partial charge in [-0.2, -0.15) is 16.8 Å². The minimum Gasteiger partial charge on any atom is -0.505 e. The van der Waals surface area contributed by atoms with Gasteiger partial charge in [-0.15, -0.1) is 10.2 Å². The van der Waals surface area contributed by atoms with Crippen molar-refractivity contribution in [2.24, 2.45) is 10.2 Å². The van der Waals surface area contributed by atoms with Crippen molar-refractivity contribution in [1.82, 2.24) is 0 Å². The van der Waals surface area contributed by atoms with Crippen LogP contribution >= 0.6 is 0 Å². The molecule has 0 radical (unpaired) electrons. The van der Waals surface area contributed by atoms with Crippen LogP contribution in [-0.4, -0.2) is 31.0 Å². The third-order valence-electron chi connectivity index (χ3n) is 4.06. The van der Waals surface area contributed by atoms with E-state index in [0.29, 0.717) is 0 Å². The molecule has 3 aromatic carbocycles. The normalized spacial score (nSPS) is 12.7. The minimum absolute atomic E-state index is 0.159. The zero-order valence-electron chi connectivity index (χ0n) is 14.8. The van der Waals surface area contributed by atoms with E-state index in [1.165, 1.54) is 30.3 Å². The molecule has 3 rings (SSSR count). The smallest absolute Gasteiger partial charge is 0.298 e. The van der Waals surface area contributed by atoms with Crippen molar-refractivity contribution in [2.45, 2.75) is 16.7 Å². The monoisotopic (exact) mass is 437 g/mol. The molecule has 0 heterocycles. The Hall–Kier alpha value is -3.06. The summed E-state index contributed by atoms with van der Waals surface area (Å²) in [5.41, 5.74) is 5.28. The van der Waals surface area contributed by atoms with Gasteiger partial charge in [0.1, 0.15) is 15.5 Å². The molecule has 0 fully saturated rings. The van der Waals surface area contributed by atoms with Crippen molar-refractivity contribution in [3.63, 3.8) is 0 Å². The van der Waals surface area contributed by atoms with Crippen LogP contribution < -0.4 is 5.73 Å². The standard InChI is InChI=1S/C17H15N3O7S2/c1-9-6-7-10-11(8-9)16(21)15(17(14(10)18)29(25,26)27)20-19-12-4-2-3-5-13(12)28(22,23)24/h2-8,21H,18H2,1H3,(H,22,23,24)(H,25,26,27). The Balaban J connectivity index is 2.36. The molecule has 0 amide bonds. The molecule has 0 aromatic heterocycles. The molecule has 152 valence electrons. The summed E-state index contributed by atoms with van der Waals surface area (Å²) in [7, 11) is -9.58. The predicted molar refractivity (Wildman–Crippen MR) is 105 cm³/mol. The number of rotatable bonds is 4. The minimum atomic E-state index is -4.94. The highest BCUT2D eigenvalue weighted by Gasteiger charge is 2.27. The molecule has 29 heavy (non-hydrogen) atoms. The van der Waals surface area contributed by atoms with Crippen LogP contribution in [0.15, 0.2) is 62.5 Å². The molecule has 0 aliphatic rings. The summed E-state index contributed by atoms with van der Waals surface area (Å²) in [5.74, 6) is -0.626. The third-order valence-corrected chi connectivity index (χ3v) is 5.89. The van der Waals surface area contributed by atoms with Gasteiger partial charge in [0.15, 0.2) is 11.4 Å². The summed E-state index contributed by atoms with van der Waals surface area (Å²) in [6, 6.07) is 9.64. The molecule has 12 heteroatoms. The number of hydrogen-bond acceptors (Lipinski definition) is 8. The lowest BCUT2D eigenvalue weighted by molar-refractivity contribution is 0.472. The predicted octanol–water partition coefficient (Wildman–Crippen LogP) is 3.34. The maximum absolute atomic E-state index is 11.9. The average molecular weight is 437 g/mol. The molecular formula is C17H15N3O7S2. The molecule has 0 saturated heterocycles. The van der Waals surface area contributed by atoms with E-state index in [9.17, 15) is 31.0 Å². The Morgan fingerprint density at radius 1 is 0.897 bits per heavy atom. The average Bonchev–Trinajstić information content (AvgIpc) is 2.61. The van der Waals surface area contributed by atoms with Crippen LogP contribution in [0.25, 0.3) is 10.8 Å². The van der Waals surface area contributed by atoms with Gasteiger partial charge in [0.05, 0.1) is 5.69 Å². The molecular weight excluding hydrogens is 422 g/mol. The Labute approximate surface area is 165 Å². The number of benzene rings is 3. The zero-order chi connectivity index (χ0) is 21.6. The lowest BCUT2D eigenvalue weighted by Gasteiger charge is -2.13. The number of phenols is 1. The summed E-state index contributed by atoms with van der Waals surface area (Å²) in [6.07, 6.45) is 0. The van der Waals surface area contributed by atoms with Crippen LogP contribution in [0, 0.1) is 6.92 Å². The van der Waals surface area contributed by atoms with Crippen molar-refractivity contribution in [2.75, 3.05) is 5.73 Å². The lowest BCUT2D eigenvalue weighted by Crippen LogP contribution is -2.05. The van der Waals surface area contributed by atoms with Gasteiger partial charge in [-0.3, -0.25) is 9.11 Å². The van der Waals surface area contributed by atoms with E-state index in [4.69, 9.17) is 5.73 Å². The van der Waals surface area contributed by atoms with Crippen molar-refractivity contribution in [1.29, 1.82) is 0 Å². The maximum Gasteiger partial charge on any atom is 0.298 e. The molecule has 0 unspecified atom stereocenters.